The lowest BCUT2D eigenvalue weighted by atomic mass is 9.97. The number of hydrogen-bond donors (Lipinski definition) is 3. The molecule has 0 amide bonds. The van der Waals surface area contributed by atoms with Gasteiger partial charge in [-0.25, -0.2) is 0 Å². The molecule has 1 aromatic heterocycles. The predicted octanol–water partition coefficient (Wildman–Crippen LogP) is 1.69. The van der Waals surface area contributed by atoms with Crippen LogP contribution in [0, 0.1) is 10.1 Å². The van der Waals surface area contributed by atoms with Crippen molar-refractivity contribution in [3.05, 3.63) is 40.6 Å². The smallest absolute Gasteiger partial charge is 0.301 e. The summed E-state index contributed by atoms with van der Waals surface area (Å²) in [6, 6.07) is 6.46. The van der Waals surface area contributed by atoms with Crippen molar-refractivity contribution in [2.75, 3.05) is 18.5 Å². The van der Waals surface area contributed by atoms with E-state index in [0.717, 1.165) is 0 Å². The minimum atomic E-state index is -0.999. The van der Waals surface area contributed by atoms with Crippen LogP contribution in [0.25, 0.3) is 10.9 Å². The summed E-state index contributed by atoms with van der Waals surface area (Å²) >= 11 is 0. The summed E-state index contributed by atoms with van der Waals surface area (Å²) in [6.07, 6.45) is 1.99. The average molecular weight is 291 g/mol. The van der Waals surface area contributed by atoms with Crippen molar-refractivity contribution in [1.29, 1.82) is 0 Å². The van der Waals surface area contributed by atoms with Gasteiger partial charge in [-0.15, -0.1) is 0 Å². The van der Waals surface area contributed by atoms with Crippen LogP contribution in [0.2, 0.25) is 0 Å². The summed E-state index contributed by atoms with van der Waals surface area (Å²) in [5, 5.41) is 33.7. The largest absolute Gasteiger partial charge is 0.394 e. The summed E-state index contributed by atoms with van der Waals surface area (Å²) in [4.78, 5) is 15.0. The minimum absolute atomic E-state index is 0.111. The Balaban J connectivity index is 2.58. The summed E-state index contributed by atoms with van der Waals surface area (Å²) in [5.41, 5.74) is -0.337. The van der Waals surface area contributed by atoms with Crippen LogP contribution in [-0.2, 0) is 0 Å². The third-order valence-corrected chi connectivity index (χ3v) is 3.62. The van der Waals surface area contributed by atoms with E-state index in [9.17, 15) is 20.3 Å². The van der Waals surface area contributed by atoms with E-state index in [0.29, 0.717) is 17.3 Å². The number of hydrogen-bond acceptors (Lipinski definition) is 6. The second kappa shape index (κ2) is 6.02. The Morgan fingerprint density at radius 3 is 2.62 bits per heavy atom. The first kappa shape index (κ1) is 15.1. The second-order valence-corrected chi connectivity index (χ2v) is 4.86. The first-order chi connectivity index (χ1) is 10.1. The van der Waals surface area contributed by atoms with Crippen molar-refractivity contribution >= 4 is 22.3 Å². The second-order valence-electron chi connectivity index (χ2n) is 4.86. The first-order valence-corrected chi connectivity index (χ1v) is 6.59. The quantitative estimate of drug-likeness (QED) is 0.552. The van der Waals surface area contributed by atoms with Gasteiger partial charge in [0.15, 0.2) is 0 Å². The van der Waals surface area contributed by atoms with Crippen molar-refractivity contribution in [2.45, 2.75) is 18.9 Å². The lowest BCUT2D eigenvalue weighted by molar-refractivity contribution is -0.382. The Labute approximate surface area is 121 Å². The Morgan fingerprint density at radius 1 is 1.33 bits per heavy atom. The molecule has 0 saturated carbocycles. The number of anilines is 1. The standard InChI is InChI=1S/C14H17N3O4/c1-2-14(8-18,9-19)16-12-6-5-11-10(4-3-7-15-11)13(12)17(20)21/h3-7,16,18-19H,2,8-9H2,1H3. The van der Waals surface area contributed by atoms with Gasteiger partial charge in [0, 0.05) is 6.20 Å². The van der Waals surface area contributed by atoms with Crippen molar-refractivity contribution in [2.24, 2.45) is 0 Å². The monoisotopic (exact) mass is 291 g/mol. The lowest BCUT2D eigenvalue weighted by Gasteiger charge is -2.30. The summed E-state index contributed by atoms with van der Waals surface area (Å²) in [7, 11) is 0. The van der Waals surface area contributed by atoms with Gasteiger partial charge in [-0.2, -0.15) is 0 Å². The number of aliphatic hydroxyl groups excluding tert-OH is 2. The van der Waals surface area contributed by atoms with Gasteiger partial charge < -0.3 is 15.5 Å². The SMILES string of the molecule is CCC(CO)(CO)Nc1ccc2ncccc2c1[N+](=O)[O-]. The molecule has 0 aliphatic carbocycles. The molecule has 2 rings (SSSR count). The van der Waals surface area contributed by atoms with Crippen LogP contribution in [0.1, 0.15) is 13.3 Å². The van der Waals surface area contributed by atoms with E-state index in [1.807, 2.05) is 0 Å². The number of pyridine rings is 1. The molecule has 1 aromatic carbocycles. The Hall–Kier alpha value is -2.25. The van der Waals surface area contributed by atoms with Gasteiger partial charge in [-0.1, -0.05) is 6.92 Å². The van der Waals surface area contributed by atoms with Crippen LogP contribution in [0.3, 0.4) is 0 Å². The molecule has 7 nitrogen and oxygen atoms in total. The maximum Gasteiger partial charge on any atom is 0.301 e. The van der Waals surface area contributed by atoms with Crippen molar-refractivity contribution < 1.29 is 15.1 Å². The zero-order valence-corrected chi connectivity index (χ0v) is 11.6. The highest BCUT2D eigenvalue weighted by molar-refractivity contribution is 5.94. The van der Waals surface area contributed by atoms with Gasteiger partial charge in [0.25, 0.3) is 0 Å². The van der Waals surface area contributed by atoms with Gasteiger partial charge in [0.1, 0.15) is 5.69 Å². The molecule has 7 heteroatoms. The fourth-order valence-electron chi connectivity index (χ4n) is 2.16. The molecule has 1 heterocycles. The topological polar surface area (TPSA) is 109 Å². The summed E-state index contributed by atoms with van der Waals surface area (Å²) in [5.74, 6) is 0. The number of nitrogens with zero attached hydrogens (tertiary/aromatic N) is 2. The zero-order valence-electron chi connectivity index (χ0n) is 11.6. The molecular formula is C14H17N3O4. The van der Waals surface area contributed by atoms with Crippen LogP contribution in [0.5, 0.6) is 0 Å². The van der Waals surface area contributed by atoms with E-state index >= 15 is 0 Å². The highest BCUT2D eigenvalue weighted by Gasteiger charge is 2.30. The maximum absolute atomic E-state index is 11.4. The van der Waals surface area contributed by atoms with Gasteiger partial charge in [0.2, 0.25) is 0 Å². The number of rotatable bonds is 6. The number of fused-ring (bicyclic) bond motifs is 1. The molecule has 3 N–H and O–H groups in total. The number of nitro groups is 1. The lowest BCUT2D eigenvalue weighted by Crippen LogP contribution is -2.45. The van der Waals surface area contributed by atoms with Crippen LogP contribution in [-0.4, -0.2) is 38.9 Å². The van der Waals surface area contributed by atoms with E-state index in [-0.39, 0.29) is 24.6 Å². The van der Waals surface area contributed by atoms with Gasteiger partial charge in [-0.3, -0.25) is 15.1 Å². The van der Waals surface area contributed by atoms with Crippen LogP contribution >= 0.6 is 0 Å². The van der Waals surface area contributed by atoms with E-state index in [2.05, 4.69) is 10.3 Å². The van der Waals surface area contributed by atoms with Crippen molar-refractivity contribution in [1.82, 2.24) is 4.98 Å². The van der Waals surface area contributed by atoms with Gasteiger partial charge >= 0.3 is 5.69 Å². The third kappa shape index (κ3) is 2.79. The molecule has 0 atom stereocenters. The van der Waals surface area contributed by atoms with Crippen LogP contribution < -0.4 is 5.32 Å². The number of nitrogens with one attached hydrogen (secondary N) is 1. The highest BCUT2D eigenvalue weighted by Crippen LogP contribution is 2.34. The molecule has 0 radical (unpaired) electrons. The van der Waals surface area contributed by atoms with Crippen LogP contribution in [0.4, 0.5) is 11.4 Å². The van der Waals surface area contributed by atoms with Crippen LogP contribution in [0.15, 0.2) is 30.5 Å². The molecule has 0 fully saturated rings. The minimum Gasteiger partial charge on any atom is -0.394 e. The molecule has 0 aliphatic heterocycles. The molecule has 0 spiro atoms. The molecule has 2 aromatic rings. The molecule has 0 aliphatic rings. The third-order valence-electron chi connectivity index (χ3n) is 3.62. The maximum atomic E-state index is 11.4. The molecule has 112 valence electrons. The van der Waals surface area contributed by atoms with E-state index in [1.54, 1.807) is 37.4 Å². The van der Waals surface area contributed by atoms with Crippen molar-refractivity contribution in [3.8, 4) is 0 Å². The summed E-state index contributed by atoms with van der Waals surface area (Å²) < 4.78 is 0. The Bertz CT molecular complexity index is 647. The zero-order chi connectivity index (χ0) is 15.5. The molecular weight excluding hydrogens is 274 g/mol. The number of aliphatic hydroxyl groups is 2. The molecule has 0 unspecified atom stereocenters. The number of nitro benzene ring substituents is 1. The number of benzene rings is 1. The average Bonchev–Trinajstić information content (AvgIpc) is 2.52. The normalized spacial score (nSPS) is 11.6. The number of aromatic nitrogens is 1. The molecule has 0 bridgehead atoms. The van der Waals surface area contributed by atoms with E-state index in [1.165, 1.54) is 0 Å². The molecule has 0 saturated heterocycles. The Kier molecular flexibility index (Phi) is 4.35. The van der Waals surface area contributed by atoms with Gasteiger partial charge in [-0.05, 0) is 30.7 Å². The summed E-state index contributed by atoms with van der Waals surface area (Å²) in [6.45, 7) is 1.12. The fraction of sp³-hybridized carbons (Fsp3) is 0.357. The van der Waals surface area contributed by atoms with Crippen molar-refractivity contribution in [3.63, 3.8) is 0 Å². The first-order valence-electron chi connectivity index (χ1n) is 6.59. The van der Waals surface area contributed by atoms with E-state index in [4.69, 9.17) is 0 Å². The predicted molar refractivity (Wildman–Crippen MR) is 79.2 cm³/mol. The molecule has 21 heavy (non-hydrogen) atoms. The van der Waals surface area contributed by atoms with Gasteiger partial charge in [0.05, 0.1) is 34.6 Å². The van der Waals surface area contributed by atoms with E-state index < -0.39 is 10.5 Å². The highest BCUT2D eigenvalue weighted by atomic mass is 16.6. The fourth-order valence-corrected chi connectivity index (χ4v) is 2.16. The Morgan fingerprint density at radius 2 is 2.05 bits per heavy atom.